The number of nitrogens with two attached hydrogens (primary N) is 1. The van der Waals surface area contributed by atoms with Crippen LogP contribution in [0.4, 0.5) is 20.8 Å². The number of nitriles is 1. The van der Waals surface area contributed by atoms with E-state index >= 15 is 0 Å². The van der Waals surface area contributed by atoms with Gasteiger partial charge in [0.25, 0.3) is 5.91 Å². The highest BCUT2D eigenvalue weighted by molar-refractivity contribution is 6.30. The summed E-state index contributed by atoms with van der Waals surface area (Å²) in [5, 5.41) is 19.8. The van der Waals surface area contributed by atoms with Gasteiger partial charge in [-0.05, 0) is 115 Å². The highest BCUT2D eigenvalue weighted by atomic mass is 35.5. The Morgan fingerprint density at radius 3 is 2.15 bits per heavy atom. The number of nitrogen functional groups attached to an aromatic ring is 1. The number of ketones is 1. The van der Waals surface area contributed by atoms with E-state index in [0.29, 0.717) is 166 Å². The van der Waals surface area contributed by atoms with Gasteiger partial charge in [-0.2, -0.15) is 10.4 Å². The average Bonchev–Trinajstić information content (AvgIpc) is 1.39. The lowest BCUT2D eigenvalue weighted by molar-refractivity contribution is -0.120. The summed E-state index contributed by atoms with van der Waals surface area (Å²) in [6.07, 6.45) is 3.80. The van der Waals surface area contributed by atoms with Crippen LogP contribution in [0.2, 0.25) is 10.0 Å². The molecule has 0 aliphatic carbocycles. The number of carbonyl (C=O) groups is 3. The second kappa shape index (κ2) is 31.9. The Balaban J connectivity index is 0.670. The number of amides is 3. The molecule has 3 N–H and O–H groups in total. The van der Waals surface area contributed by atoms with Crippen molar-refractivity contribution in [1.29, 1.82) is 5.26 Å². The fourth-order valence-electron chi connectivity index (χ4n) is 11.9. The van der Waals surface area contributed by atoms with Crippen molar-refractivity contribution in [2.24, 2.45) is 4.99 Å². The molecule has 0 saturated carbocycles. The molecular formula is C69H85Cl2FN12O8. The van der Waals surface area contributed by atoms with E-state index in [4.69, 9.17) is 67.7 Å². The maximum Gasteiger partial charge on any atom is 0.323 e. The predicted molar refractivity (Wildman–Crippen MR) is 354 cm³/mol. The van der Waals surface area contributed by atoms with E-state index < -0.39 is 11.4 Å². The van der Waals surface area contributed by atoms with Crippen molar-refractivity contribution in [3.05, 3.63) is 152 Å². The molecule has 2 fully saturated rings. The summed E-state index contributed by atoms with van der Waals surface area (Å²) in [5.74, 6) is 0.694. The molecule has 2 aromatic heterocycles. The number of nitrogens with zero attached hydrogens (tertiary/aromatic N) is 10. The number of hydrogen-bond acceptors (Lipinski definition) is 16. The molecule has 4 aromatic carbocycles. The van der Waals surface area contributed by atoms with Crippen molar-refractivity contribution in [2.75, 3.05) is 116 Å². The molecule has 3 aliphatic heterocycles. The number of piperazine rings is 1. The van der Waals surface area contributed by atoms with Crippen LogP contribution in [0.5, 0.6) is 5.75 Å². The molecule has 92 heavy (non-hydrogen) atoms. The lowest BCUT2D eigenvalue weighted by atomic mass is 9.77. The van der Waals surface area contributed by atoms with Gasteiger partial charge in [0.15, 0.2) is 11.6 Å². The molecule has 5 heterocycles. The molecule has 2 saturated heterocycles. The number of Topliss-reactive ketones (excluding diaryl/α,β-unsaturated/α-hetero) is 1. The van der Waals surface area contributed by atoms with E-state index in [-0.39, 0.29) is 79.1 Å². The van der Waals surface area contributed by atoms with Gasteiger partial charge in [-0.15, -0.1) is 0 Å². The molecule has 9 rings (SSSR count). The van der Waals surface area contributed by atoms with E-state index in [2.05, 4.69) is 62.0 Å². The lowest BCUT2D eigenvalue weighted by Crippen LogP contribution is -2.53. The SMILES string of the molecule is CCOc1cc(C(C)(C)C)ccc1C(=N[C@@](C)(c1ccc(Cl)cc1)[C@@H](C)c1ccc(Cl)cc1)NC(=O)N1CCN(CCOCCOCCOCCOCCC(=O)CCCn2nc3c(c2C#N)-c2cnc(N)c(n2)N2CCC[C@@H]2c2cc(F)ccc2C(=O)N(C)C3)CC1. The number of aliphatic imine (C=N–C) groups is 1. The molecule has 23 heteroatoms. The van der Waals surface area contributed by atoms with Crippen LogP contribution in [-0.2, 0) is 47.8 Å². The first-order valence-electron chi connectivity index (χ1n) is 31.7. The molecule has 2 bridgehead atoms. The fourth-order valence-corrected chi connectivity index (χ4v) is 12.2. The number of halogens is 3. The third-order valence-electron chi connectivity index (χ3n) is 17.3. The normalized spacial score (nSPS) is 16.4. The molecule has 0 spiro atoms. The molecule has 3 aliphatic rings. The molecule has 20 nitrogen and oxygen atoms in total. The summed E-state index contributed by atoms with van der Waals surface area (Å²) in [6, 6.07) is 27.5. The van der Waals surface area contributed by atoms with Gasteiger partial charge in [-0.1, -0.05) is 81.2 Å². The van der Waals surface area contributed by atoms with Crippen molar-refractivity contribution < 1.29 is 42.5 Å². The van der Waals surface area contributed by atoms with Crippen LogP contribution in [-0.4, -0.2) is 164 Å². The zero-order valence-electron chi connectivity index (χ0n) is 53.8. The molecule has 3 atom stereocenters. The standard InChI is InChI=1S/C69H85Cl2FN12O8/c1-8-92-61-41-49(68(3,4)5)17-23-55(61)64(78-69(6,48-15-20-51(71)21-16-48)46(2)47-13-18-50(70)19-14-47)77-67(87)82-30-28-81(29-31-82)32-34-89-36-38-91-40-39-90-37-35-88-33-25-53(85)11-9-27-84-60(43-73)62-57-44-75-63(74)65(76-57)83-26-10-12-59(83)56-42-52(72)22-24-54(56)66(86)80(7)45-58(62)79-84/h13-24,41-42,44,46,59H,8-12,25-40,45H2,1-7H3,(H2,74,75)(H,77,78,87)/t46-,59+,69+/m0/s1. The number of rotatable bonds is 26. The van der Waals surface area contributed by atoms with Crippen LogP contribution in [0.15, 0.2) is 96.1 Å². The summed E-state index contributed by atoms with van der Waals surface area (Å²) < 4.78 is 45.6. The number of anilines is 2. The number of nitrogens with one attached hydrogen (secondary N) is 1. The van der Waals surface area contributed by atoms with Crippen molar-refractivity contribution >= 4 is 58.4 Å². The summed E-state index contributed by atoms with van der Waals surface area (Å²) in [5.41, 5.74) is 11.5. The summed E-state index contributed by atoms with van der Waals surface area (Å²) in [7, 11) is 1.65. The maximum atomic E-state index is 14.7. The molecule has 6 aromatic rings. The van der Waals surface area contributed by atoms with E-state index in [9.17, 15) is 24.0 Å². The van der Waals surface area contributed by atoms with Crippen LogP contribution in [0.3, 0.4) is 0 Å². The van der Waals surface area contributed by atoms with Gasteiger partial charge in [-0.3, -0.25) is 29.5 Å². The number of urea groups is 1. The van der Waals surface area contributed by atoms with Gasteiger partial charge in [0.05, 0.1) is 106 Å². The van der Waals surface area contributed by atoms with E-state index in [1.54, 1.807) is 11.7 Å². The monoisotopic (exact) mass is 1300 g/mol. The Bertz CT molecular complexity index is 3590. The van der Waals surface area contributed by atoms with Crippen molar-refractivity contribution in [3.8, 4) is 23.1 Å². The van der Waals surface area contributed by atoms with Gasteiger partial charge >= 0.3 is 6.03 Å². The topological polar surface area (TPSA) is 228 Å². The van der Waals surface area contributed by atoms with Crippen LogP contribution in [0.1, 0.15) is 135 Å². The Morgan fingerprint density at radius 2 is 1.49 bits per heavy atom. The van der Waals surface area contributed by atoms with E-state index in [1.165, 1.54) is 29.3 Å². The number of ether oxygens (including phenoxy) is 5. The van der Waals surface area contributed by atoms with Crippen LogP contribution >= 0.6 is 23.2 Å². The summed E-state index contributed by atoms with van der Waals surface area (Å²) in [6.45, 7) is 20.1. The quantitative estimate of drug-likeness (QED) is 0.0292. The summed E-state index contributed by atoms with van der Waals surface area (Å²) >= 11 is 12.8. The number of hydrogen-bond donors (Lipinski definition) is 2. The van der Waals surface area contributed by atoms with Crippen molar-refractivity contribution in [3.63, 3.8) is 0 Å². The first-order chi connectivity index (χ1) is 44.3. The lowest BCUT2D eigenvalue weighted by Gasteiger charge is -2.36. The number of amidine groups is 1. The second-order valence-electron chi connectivity index (χ2n) is 24.6. The van der Waals surface area contributed by atoms with Crippen LogP contribution < -0.4 is 20.7 Å². The summed E-state index contributed by atoms with van der Waals surface area (Å²) in [4.78, 5) is 63.9. The van der Waals surface area contributed by atoms with Gasteiger partial charge < -0.3 is 44.1 Å². The Kier molecular flexibility index (Phi) is 23.8. The molecule has 3 amide bonds. The molecule has 0 radical (unpaired) electrons. The average molecular weight is 1300 g/mol. The highest BCUT2D eigenvalue weighted by Crippen LogP contribution is 2.44. The van der Waals surface area contributed by atoms with Gasteiger partial charge in [0, 0.05) is 87.2 Å². The minimum Gasteiger partial charge on any atom is -0.493 e. The van der Waals surface area contributed by atoms with Crippen LogP contribution in [0.25, 0.3) is 11.3 Å². The van der Waals surface area contributed by atoms with Crippen molar-refractivity contribution in [2.45, 2.75) is 110 Å². The third-order valence-corrected chi connectivity index (χ3v) is 17.8. The predicted octanol–water partition coefficient (Wildman–Crippen LogP) is 11.2. The first kappa shape index (κ1) is 68.8. The molecular weight excluding hydrogens is 1210 g/mol. The minimum atomic E-state index is -0.883. The zero-order chi connectivity index (χ0) is 65.5. The maximum absolute atomic E-state index is 14.7. The van der Waals surface area contributed by atoms with E-state index in [1.807, 2.05) is 77.4 Å². The Morgan fingerprint density at radius 1 is 0.837 bits per heavy atom. The number of aryl methyl sites for hydroxylation is 1. The molecule has 0 unspecified atom stereocenters. The van der Waals surface area contributed by atoms with E-state index in [0.717, 1.165) is 23.1 Å². The second-order valence-corrected chi connectivity index (χ2v) is 25.5. The van der Waals surface area contributed by atoms with Gasteiger partial charge in [0.2, 0.25) is 0 Å². The third kappa shape index (κ3) is 17.2. The Hall–Kier alpha value is -7.55. The smallest absolute Gasteiger partial charge is 0.323 e. The molecule has 490 valence electrons. The number of aromatic nitrogens is 4. The largest absolute Gasteiger partial charge is 0.493 e. The van der Waals surface area contributed by atoms with Gasteiger partial charge in [0.1, 0.15) is 34.9 Å². The number of fused-ring (bicyclic) bond motifs is 8. The van der Waals surface area contributed by atoms with Crippen molar-refractivity contribution in [1.82, 2.24) is 39.8 Å². The minimum absolute atomic E-state index is 0.00609. The Labute approximate surface area is 549 Å². The fraction of sp³-hybridized carbons (Fsp3) is 0.478. The highest BCUT2D eigenvalue weighted by Gasteiger charge is 2.38. The van der Waals surface area contributed by atoms with Gasteiger partial charge in [-0.25, -0.2) is 19.2 Å². The van der Waals surface area contributed by atoms with Crippen LogP contribution in [0, 0.1) is 17.1 Å². The number of carbonyl (C=O) groups excluding carboxylic acids is 3. The number of benzene rings is 4. The zero-order valence-corrected chi connectivity index (χ0v) is 55.3. The first-order valence-corrected chi connectivity index (χ1v) is 32.5.